The first kappa shape index (κ1) is 11.5. The third kappa shape index (κ3) is 3.22. The molecule has 0 spiro atoms. The van der Waals surface area contributed by atoms with Gasteiger partial charge in [-0.25, -0.2) is 0 Å². The largest absolute Gasteiger partial charge is 0.508 e. The van der Waals surface area contributed by atoms with Gasteiger partial charge in [0.15, 0.2) is 5.75 Å². The summed E-state index contributed by atoms with van der Waals surface area (Å²) < 4.78 is 7.30. The fourth-order valence-corrected chi connectivity index (χ4v) is 1.43. The third-order valence-corrected chi connectivity index (χ3v) is 2.31. The molecular formula is C12H15N3O2. The maximum Gasteiger partial charge on any atom is 0.157 e. The quantitative estimate of drug-likeness (QED) is 0.811. The molecule has 2 aromatic rings. The van der Waals surface area contributed by atoms with Crippen molar-refractivity contribution in [2.24, 2.45) is 5.73 Å². The van der Waals surface area contributed by atoms with Gasteiger partial charge in [-0.2, -0.15) is 5.10 Å². The highest BCUT2D eigenvalue weighted by atomic mass is 16.5. The Morgan fingerprint density at radius 3 is 2.76 bits per heavy atom. The zero-order chi connectivity index (χ0) is 12.1. The molecule has 0 aliphatic carbocycles. The van der Waals surface area contributed by atoms with Gasteiger partial charge in [-0.05, 0) is 17.7 Å². The Hall–Kier alpha value is -2.01. The van der Waals surface area contributed by atoms with Crippen LogP contribution in [0.1, 0.15) is 5.56 Å². The SMILES string of the molecule is NCCn1cc(OCc2ccc(O)cc2)cn1. The molecule has 1 aromatic carbocycles. The Morgan fingerprint density at radius 2 is 2.06 bits per heavy atom. The number of nitrogens with two attached hydrogens (primary N) is 1. The van der Waals surface area contributed by atoms with Gasteiger partial charge in [-0.15, -0.1) is 0 Å². The first-order valence-electron chi connectivity index (χ1n) is 5.41. The fraction of sp³-hybridized carbons (Fsp3) is 0.250. The number of phenols is 1. The van der Waals surface area contributed by atoms with Crippen molar-refractivity contribution in [2.45, 2.75) is 13.2 Å². The number of aromatic nitrogens is 2. The van der Waals surface area contributed by atoms with E-state index >= 15 is 0 Å². The molecule has 0 atom stereocenters. The van der Waals surface area contributed by atoms with Gasteiger partial charge in [-0.3, -0.25) is 4.68 Å². The summed E-state index contributed by atoms with van der Waals surface area (Å²) in [5.41, 5.74) is 6.42. The third-order valence-electron chi connectivity index (χ3n) is 2.31. The summed E-state index contributed by atoms with van der Waals surface area (Å²) in [5.74, 6) is 0.969. The highest BCUT2D eigenvalue weighted by Crippen LogP contribution is 2.13. The standard InChI is InChI=1S/C12H15N3O2/c13-5-6-15-8-12(7-14-15)17-9-10-1-3-11(16)4-2-10/h1-4,7-8,16H,5-6,9,13H2. The van der Waals surface area contributed by atoms with Crippen molar-refractivity contribution in [3.8, 4) is 11.5 Å². The Bertz CT molecular complexity index is 465. The van der Waals surface area contributed by atoms with Gasteiger partial charge in [0, 0.05) is 6.54 Å². The Labute approximate surface area is 99.4 Å². The summed E-state index contributed by atoms with van der Waals surface area (Å²) in [6, 6.07) is 6.91. The zero-order valence-electron chi connectivity index (χ0n) is 9.41. The van der Waals surface area contributed by atoms with Crippen LogP contribution in [0.4, 0.5) is 0 Å². The van der Waals surface area contributed by atoms with E-state index in [1.807, 2.05) is 18.3 Å². The second-order valence-electron chi connectivity index (χ2n) is 3.68. The number of rotatable bonds is 5. The molecule has 0 aliphatic heterocycles. The van der Waals surface area contributed by atoms with E-state index in [9.17, 15) is 0 Å². The summed E-state index contributed by atoms with van der Waals surface area (Å²) in [6.45, 7) is 1.69. The van der Waals surface area contributed by atoms with Crippen LogP contribution in [0.3, 0.4) is 0 Å². The Morgan fingerprint density at radius 1 is 1.29 bits per heavy atom. The first-order valence-corrected chi connectivity index (χ1v) is 5.41. The number of ether oxygens (including phenoxy) is 1. The van der Waals surface area contributed by atoms with E-state index in [2.05, 4.69) is 5.10 Å². The molecule has 0 aliphatic rings. The van der Waals surface area contributed by atoms with Gasteiger partial charge >= 0.3 is 0 Å². The molecule has 3 N–H and O–H groups in total. The first-order chi connectivity index (χ1) is 8.28. The second kappa shape index (κ2) is 5.36. The van der Waals surface area contributed by atoms with Gasteiger partial charge in [-0.1, -0.05) is 12.1 Å². The lowest BCUT2D eigenvalue weighted by Crippen LogP contribution is -2.09. The normalized spacial score (nSPS) is 10.4. The van der Waals surface area contributed by atoms with E-state index in [0.29, 0.717) is 25.4 Å². The summed E-state index contributed by atoms with van der Waals surface area (Å²) >= 11 is 0. The monoisotopic (exact) mass is 233 g/mol. The number of aromatic hydroxyl groups is 1. The molecule has 2 rings (SSSR count). The van der Waals surface area contributed by atoms with Gasteiger partial charge in [0.25, 0.3) is 0 Å². The van der Waals surface area contributed by atoms with E-state index in [1.54, 1.807) is 23.0 Å². The lowest BCUT2D eigenvalue weighted by molar-refractivity contribution is 0.305. The minimum atomic E-state index is 0.254. The Balaban J connectivity index is 1.90. The summed E-state index contributed by atoms with van der Waals surface area (Å²) in [6.07, 6.45) is 3.48. The minimum Gasteiger partial charge on any atom is -0.508 e. The lowest BCUT2D eigenvalue weighted by atomic mass is 10.2. The van der Waals surface area contributed by atoms with E-state index in [0.717, 1.165) is 5.56 Å². The second-order valence-corrected chi connectivity index (χ2v) is 3.68. The summed E-state index contributed by atoms with van der Waals surface area (Å²) in [4.78, 5) is 0. The van der Waals surface area contributed by atoms with Crippen LogP contribution in [0.2, 0.25) is 0 Å². The zero-order valence-corrected chi connectivity index (χ0v) is 9.41. The number of nitrogens with zero attached hydrogens (tertiary/aromatic N) is 2. The maximum absolute atomic E-state index is 9.14. The number of phenolic OH excluding ortho intramolecular Hbond substituents is 1. The molecule has 0 saturated heterocycles. The van der Waals surface area contributed by atoms with Crippen LogP contribution >= 0.6 is 0 Å². The van der Waals surface area contributed by atoms with Gasteiger partial charge in [0.05, 0.1) is 18.9 Å². The molecule has 0 fully saturated rings. The predicted octanol–water partition coefficient (Wildman–Crippen LogP) is 1.13. The molecule has 0 bridgehead atoms. The molecular weight excluding hydrogens is 218 g/mol. The van der Waals surface area contributed by atoms with Crippen LogP contribution in [0.5, 0.6) is 11.5 Å². The van der Waals surface area contributed by atoms with Crippen molar-refractivity contribution in [3.63, 3.8) is 0 Å². The van der Waals surface area contributed by atoms with Gasteiger partial charge < -0.3 is 15.6 Å². The molecule has 17 heavy (non-hydrogen) atoms. The average molecular weight is 233 g/mol. The maximum atomic E-state index is 9.14. The van der Waals surface area contributed by atoms with Crippen LogP contribution < -0.4 is 10.5 Å². The van der Waals surface area contributed by atoms with Crippen LogP contribution in [-0.2, 0) is 13.2 Å². The number of hydrogen-bond acceptors (Lipinski definition) is 4. The highest BCUT2D eigenvalue weighted by molar-refractivity contribution is 5.26. The molecule has 0 radical (unpaired) electrons. The van der Waals surface area contributed by atoms with E-state index in [4.69, 9.17) is 15.6 Å². The van der Waals surface area contributed by atoms with Crippen molar-refractivity contribution in [3.05, 3.63) is 42.2 Å². The van der Waals surface area contributed by atoms with E-state index in [1.165, 1.54) is 0 Å². The van der Waals surface area contributed by atoms with Crippen molar-refractivity contribution < 1.29 is 9.84 Å². The molecule has 1 heterocycles. The number of benzene rings is 1. The molecule has 90 valence electrons. The van der Waals surface area contributed by atoms with Crippen molar-refractivity contribution in [1.29, 1.82) is 0 Å². The van der Waals surface area contributed by atoms with Crippen LogP contribution in [0, 0.1) is 0 Å². The molecule has 0 saturated carbocycles. The van der Waals surface area contributed by atoms with Crippen molar-refractivity contribution in [2.75, 3.05) is 6.54 Å². The highest BCUT2D eigenvalue weighted by Gasteiger charge is 2.00. The van der Waals surface area contributed by atoms with Gasteiger partial charge in [0.2, 0.25) is 0 Å². The van der Waals surface area contributed by atoms with E-state index < -0.39 is 0 Å². The van der Waals surface area contributed by atoms with E-state index in [-0.39, 0.29) is 5.75 Å². The topological polar surface area (TPSA) is 73.3 Å². The van der Waals surface area contributed by atoms with Crippen LogP contribution in [0.25, 0.3) is 0 Å². The molecule has 5 nitrogen and oxygen atoms in total. The van der Waals surface area contributed by atoms with Gasteiger partial charge in [0.1, 0.15) is 12.4 Å². The molecule has 1 aromatic heterocycles. The Kier molecular flexibility index (Phi) is 3.62. The smallest absolute Gasteiger partial charge is 0.157 e. The number of hydrogen-bond donors (Lipinski definition) is 2. The minimum absolute atomic E-state index is 0.254. The van der Waals surface area contributed by atoms with Crippen molar-refractivity contribution in [1.82, 2.24) is 9.78 Å². The van der Waals surface area contributed by atoms with Crippen LogP contribution in [-0.4, -0.2) is 21.4 Å². The summed E-state index contributed by atoms with van der Waals surface area (Å²) in [7, 11) is 0. The molecule has 0 amide bonds. The molecule has 0 unspecified atom stereocenters. The summed E-state index contributed by atoms with van der Waals surface area (Å²) in [5, 5.41) is 13.2. The predicted molar refractivity (Wildman–Crippen MR) is 63.7 cm³/mol. The van der Waals surface area contributed by atoms with Crippen LogP contribution in [0.15, 0.2) is 36.7 Å². The van der Waals surface area contributed by atoms with Crippen molar-refractivity contribution >= 4 is 0 Å². The fourth-order valence-electron chi connectivity index (χ4n) is 1.43. The molecule has 5 heteroatoms. The average Bonchev–Trinajstić information content (AvgIpc) is 2.77. The lowest BCUT2D eigenvalue weighted by Gasteiger charge is -2.03.